The van der Waals surface area contributed by atoms with Crippen LogP contribution in [0, 0.1) is 12.8 Å². The number of halogens is 1. The van der Waals surface area contributed by atoms with E-state index < -0.39 is 10.0 Å². The van der Waals surface area contributed by atoms with Crippen molar-refractivity contribution in [3.8, 4) is 0 Å². The third-order valence-corrected chi connectivity index (χ3v) is 6.36. The first kappa shape index (κ1) is 15.0. The summed E-state index contributed by atoms with van der Waals surface area (Å²) in [6, 6.07) is 3.32. The largest absolute Gasteiger partial charge is 0.392 e. The predicted octanol–water partition coefficient (Wildman–Crippen LogP) is 2.28. The van der Waals surface area contributed by atoms with Crippen molar-refractivity contribution in [2.24, 2.45) is 5.92 Å². The molecule has 1 aliphatic rings. The molecular formula is C13H18BrNO3S. The Kier molecular flexibility index (Phi) is 4.35. The summed E-state index contributed by atoms with van der Waals surface area (Å²) in [5.41, 5.74) is 1.29. The zero-order valence-electron chi connectivity index (χ0n) is 11.1. The molecule has 0 bridgehead atoms. The van der Waals surface area contributed by atoms with Crippen LogP contribution in [0.15, 0.2) is 21.5 Å². The van der Waals surface area contributed by atoms with E-state index in [9.17, 15) is 13.5 Å². The minimum atomic E-state index is -3.47. The van der Waals surface area contributed by atoms with Crippen LogP contribution in [0.4, 0.5) is 0 Å². The Labute approximate surface area is 122 Å². The average Bonchev–Trinajstić information content (AvgIpc) is 2.79. The fourth-order valence-electron chi connectivity index (χ4n) is 2.32. The molecule has 0 spiro atoms. The van der Waals surface area contributed by atoms with Gasteiger partial charge in [0.05, 0.1) is 11.5 Å². The minimum Gasteiger partial charge on any atom is -0.392 e. The van der Waals surface area contributed by atoms with Crippen LogP contribution >= 0.6 is 15.9 Å². The number of nitrogens with zero attached hydrogens (tertiary/aromatic N) is 1. The molecule has 2 rings (SSSR count). The molecule has 0 radical (unpaired) electrons. The number of benzene rings is 1. The Balaban J connectivity index is 2.48. The maximum Gasteiger partial charge on any atom is 0.243 e. The minimum absolute atomic E-state index is 0.169. The van der Waals surface area contributed by atoms with Crippen molar-refractivity contribution in [2.75, 3.05) is 13.1 Å². The van der Waals surface area contributed by atoms with Crippen LogP contribution < -0.4 is 0 Å². The third kappa shape index (κ3) is 2.86. The van der Waals surface area contributed by atoms with Gasteiger partial charge in [-0.05, 0) is 42.5 Å². The van der Waals surface area contributed by atoms with Gasteiger partial charge in [0.15, 0.2) is 0 Å². The Bertz CT molecular complexity index is 586. The lowest BCUT2D eigenvalue weighted by atomic mass is 10.2. The molecule has 0 amide bonds. The van der Waals surface area contributed by atoms with Crippen molar-refractivity contribution < 1.29 is 13.5 Å². The molecule has 1 aromatic carbocycles. The number of hydrogen-bond donors (Lipinski definition) is 1. The predicted molar refractivity (Wildman–Crippen MR) is 77.3 cm³/mol. The number of rotatable bonds is 3. The van der Waals surface area contributed by atoms with Gasteiger partial charge in [-0.3, -0.25) is 0 Å². The third-order valence-electron chi connectivity index (χ3n) is 3.54. The Morgan fingerprint density at radius 3 is 2.68 bits per heavy atom. The molecule has 1 unspecified atom stereocenters. The fourth-order valence-corrected chi connectivity index (χ4v) is 4.83. The van der Waals surface area contributed by atoms with Crippen molar-refractivity contribution in [1.29, 1.82) is 0 Å². The van der Waals surface area contributed by atoms with Crippen LogP contribution in [0.3, 0.4) is 0 Å². The van der Waals surface area contributed by atoms with E-state index in [1.807, 2.05) is 0 Å². The molecule has 1 atom stereocenters. The average molecular weight is 348 g/mol. The van der Waals surface area contributed by atoms with Crippen LogP contribution in [-0.4, -0.2) is 30.9 Å². The van der Waals surface area contributed by atoms with Crippen molar-refractivity contribution in [3.05, 3.63) is 27.7 Å². The molecule has 106 valence electrons. The van der Waals surface area contributed by atoms with Gasteiger partial charge in [0, 0.05) is 17.6 Å². The van der Waals surface area contributed by atoms with Gasteiger partial charge in [0.2, 0.25) is 10.0 Å². The molecule has 0 aliphatic carbocycles. The van der Waals surface area contributed by atoms with E-state index in [1.165, 1.54) is 4.31 Å². The van der Waals surface area contributed by atoms with Crippen LogP contribution in [0.5, 0.6) is 0 Å². The molecule has 1 fully saturated rings. The number of aliphatic hydroxyl groups excluding tert-OH is 1. The smallest absolute Gasteiger partial charge is 0.243 e. The monoisotopic (exact) mass is 347 g/mol. The van der Waals surface area contributed by atoms with E-state index in [2.05, 4.69) is 22.9 Å². The first-order chi connectivity index (χ1) is 8.86. The second-order valence-electron chi connectivity index (χ2n) is 5.12. The summed E-state index contributed by atoms with van der Waals surface area (Å²) in [5.74, 6) is 0.402. The lowest BCUT2D eigenvalue weighted by Crippen LogP contribution is -2.29. The highest BCUT2D eigenvalue weighted by atomic mass is 79.9. The number of aliphatic hydroxyl groups is 1. The van der Waals surface area contributed by atoms with Crippen molar-refractivity contribution in [2.45, 2.75) is 31.8 Å². The second kappa shape index (κ2) is 5.52. The number of hydrogen-bond acceptors (Lipinski definition) is 3. The summed E-state index contributed by atoms with van der Waals surface area (Å²) >= 11 is 3.36. The topological polar surface area (TPSA) is 57.6 Å². The Hall–Kier alpha value is -0.430. The molecule has 1 heterocycles. The first-order valence-corrected chi connectivity index (χ1v) is 8.49. The van der Waals surface area contributed by atoms with Crippen LogP contribution in [0.1, 0.15) is 24.5 Å². The summed E-state index contributed by atoms with van der Waals surface area (Å²) < 4.78 is 27.5. The SMILES string of the molecule is Cc1c(Br)cc(CO)cc1S(=O)(=O)N1CCC(C)C1. The normalized spacial score (nSPS) is 20.9. The van der Waals surface area contributed by atoms with E-state index in [1.54, 1.807) is 19.1 Å². The summed E-state index contributed by atoms with van der Waals surface area (Å²) in [6.45, 7) is 4.81. The maximum absolute atomic E-state index is 12.6. The maximum atomic E-state index is 12.6. The molecule has 0 saturated carbocycles. The fraction of sp³-hybridized carbons (Fsp3) is 0.538. The van der Waals surface area contributed by atoms with Crippen molar-refractivity contribution in [3.63, 3.8) is 0 Å². The summed E-state index contributed by atoms with van der Waals surface area (Å²) in [7, 11) is -3.47. The summed E-state index contributed by atoms with van der Waals surface area (Å²) in [4.78, 5) is 0.292. The van der Waals surface area contributed by atoms with Crippen molar-refractivity contribution >= 4 is 26.0 Å². The quantitative estimate of drug-likeness (QED) is 0.912. The van der Waals surface area contributed by atoms with Gasteiger partial charge in [-0.2, -0.15) is 4.31 Å². The van der Waals surface area contributed by atoms with Crippen LogP contribution in [0.25, 0.3) is 0 Å². The van der Waals surface area contributed by atoms with Gasteiger partial charge >= 0.3 is 0 Å². The van der Waals surface area contributed by atoms with Crippen molar-refractivity contribution in [1.82, 2.24) is 4.31 Å². The van der Waals surface area contributed by atoms with Gasteiger partial charge < -0.3 is 5.11 Å². The lowest BCUT2D eigenvalue weighted by molar-refractivity contribution is 0.281. The standard InChI is InChI=1S/C13H18BrNO3S/c1-9-3-4-15(7-9)19(17,18)13-6-11(8-16)5-12(14)10(13)2/h5-6,9,16H,3-4,7-8H2,1-2H3. The van der Waals surface area contributed by atoms with E-state index >= 15 is 0 Å². The molecule has 1 aromatic rings. The van der Waals surface area contributed by atoms with Gasteiger partial charge in [-0.25, -0.2) is 8.42 Å². The molecule has 1 aliphatic heterocycles. The van der Waals surface area contributed by atoms with Crippen LogP contribution in [-0.2, 0) is 16.6 Å². The lowest BCUT2D eigenvalue weighted by Gasteiger charge is -2.19. The molecule has 19 heavy (non-hydrogen) atoms. The highest BCUT2D eigenvalue weighted by molar-refractivity contribution is 9.10. The van der Waals surface area contributed by atoms with E-state index in [4.69, 9.17) is 0 Å². The Morgan fingerprint density at radius 1 is 1.47 bits per heavy atom. The highest BCUT2D eigenvalue weighted by Gasteiger charge is 2.32. The molecule has 4 nitrogen and oxygen atoms in total. The highest BCUT2D eigenvalue weighted by Crippen LogP contribution is 2.30. The van der Waals surface area contributed by atoms with Gasteiger partial charge in [-0.1, -0.05) is 22.9 Å². The zero-order valence-corrected chi connectivity index (χ0v) is 13.5. The second-order valence-corrected chi connectivity index (χ2v) is 7.88. The molecule has 6 heteroatoms. The van der Waals surface area contributed by atoms with Gasteiger partial charge in [0.1, 0.15) is 0 Å². The number of sulfonamides is 1. The Morgan fingerprint density at radius 2 is 2.16 bits per heavy atom. The molecule has 0 aromatic heterocycles. The van der Waals surface area contributed by atoms with Gasteiger partial charge in [0.25, 0.3) is 0 Å². The molecule has 1 N–H and O–H groups in total. The molecular weight excluding hydrogens is 330 g/mol. The molecule has 1 saturated heterocycles. The van der Waals surface area contributed by atoms with Crippen LogP contribution in [0.2, 0.25) is 0 Å². The zero-order chi connectivity index (χ0) is 14.2. The van der Waals surface area contributed by atoms with E-state index in [0.29, 0.717) is 39.5 Å². The summed E-state index contributed by atoms with van der Waals surface area (Å²) in [5, 5.41) is 9.22. The van der Waals surface area contributed by atoms with Gasteiger partial charge in [-0.15, -0.1) is 0 Å². The summed E-state index contributed by atoms with van der Waals surface area (Å²) in [6.07, 6.45) is 0.902. The van der Waals surface area contributed by atoms with E-state index in [0.717, 1.165) is 6.42 Å². The van der Waals surface area contributed by atoms with E-state index in [-0.39, 0.29) is 6.61 Å². The first-order valence-electron chi connectivity index (χ1n) is 6.26.